The lowest BCUT2D eigenvalue weighted by atomic mass is 10.2. The van der Waals surface area contributed by atoms with Crippen molar-refractivity contribution in [2.24, 2.45) is 5.10 Å². The van der Waals surface area contributed by atoms with E-state index in [2.05, 4.69) is 22.8 Å². The molecule has 0 spiro atoms. The van der Waals surface area contributed by atoms with Crippen molar-refractivity contribution in [2.75, 3.05) is 19.0 Å². The second-order valence-corrected chi connectivity index (χ2v) is 7.62. The largest absolute Gasteiger partial charge is 0.494 e. The zero-order valence-corrected chi connectivity index (χ0v) is 19.9. The fraction of sp³-hybridized carbons (Fsp3) is 0.192. The predicted molar refractivity (Wildman–Crippen MR) is 138 cm³/mol. The Labute approximate surface area is 204 Å². The zero-order valence-electron chi connectivity index (χ0n) is 19.1. The molecule has 0 fully saturated rings. The number of nitrogens with one attached hydrogen (secondary N) is 2. The summed E-state index contributed by atoms with van der Waals surface area (Å²) in [5.74, 6) is 0.945. The number of hydrogen-bond acceptors (Lipinski definition) is 6. The van der Waals surface area contributed by atoms with E-state index in [-0.39, 0.29) is 0 Å². The number of unbranched alkanes of at least 4 members (excludes halogenated alkanes) is 1. The second kappa shape index (κ2) is 13.0. The van der Waals surface area contributed by atoms with Gasteiger partial charge in [0.1, 0.15) is 5.75 Å². The maximum Gasteiger partial charge on any atom is 0.343 e. The first-order chi connectivity index (χ1) is 16.6. The van der Waals surface area contributed by atoms with Gasteiger partial charge in [0.15, 0.2) is 16.6 Å². The van der Waals surface area contributed by atoms with Crippen LogP contribution < -0.4 is 25.0 Å². The van der Waals surface area contributed by atoms with Crippen LogP contribution in [0.1, 0.15) is 35.7 Å². The van der Waals surface area contributed by atoms with Crippen LogP contribution in [0.25, 0.3) is 0 Å². The summed E-state index contributed by atoms with van der Waals surface area (Å²) in [6.07, 6.45) is 3.63. The summed E-state index contributed by atoms with van der Waals surface area (Å²) < 4.78 is 16.5. The number of carbonyl (C=O) groups is 1. The van der Waals surface area contributed by atoms with Crippen LogP contribution in [0.3, 0.4) is 0 Å². The van der Waals surface area contributed by atoms with Crippen LogP contribution in [0.4, 0.5) is 5.69 Å². The van der Waals surface area contributed by atoms with Crippen molar-refractivity contribution in [3.05, 3.63) is 83.9 Å². The van der Waals surface area contributed by atoms with Gasteiger partial charge in [0.25, 0.3) is 0 Å². The molecule has 0 aliphatic heterocycles. The molecule has 8 heteroatoms. The van der Waals surface area contributed by atoms with Crippen molar-refractivity contribution < 1.29 is 19.0 Å². The predicted octanol–water partition coefficient (Wildman–Crippen LogP) is 5.41. The first-order valence-corrected chi connectivity index (χ1v) is 11.3. The summed E-state index contributed by atoms with van der Waals surface area (Å²) in [5, 5.41) is 7.52. The normalized spacial score (nSPS) is 10.5. The summed E-state index contributed by atoms with van der Waals surface area (Å²) in [6.45, 7) is 2.75. The van der Waals surface area contributed by atoms with Gasteiger partial charge in [0.05, 0.1) is 25.5 Å². The summed E-state index contributed by atoms with van der Waals surface area (Å²) in [5.41, 5.74) is 4.77. The molecule has 3 aromatic rings. The third kappa shape index (κ3) is 7.60. The monoisotopic (exact) mass is 477 g/mol. The number of hydrogen-bond donors (Lipinski definition) is 2. The van der Waals surface area contributed by atoms with E-state index in [1.54, 1.807) is 48.7 Å². The van der Waals surface area contributed by atoms with Crippen LogP contribution in [0.5, 0.6) is 17.2 Å². The Morgan fingerprint density at radius 3 is 2.50 bits per heavy atom. The van der Waals surface area contributed by atoms with Gasteiger partial charge >= 0.3 is 5.97 Å². The Balaban J connectivity index is 1.57. The minimum Gasteiger partial charge on any atom is -0.494 e. The quantitative estimate of drug-likeness (QED) is 0.101. The molecule has 0 unspecified atom stereocenters. The van der Waals surface area contributed by atoms with Crippen LogP contribution in [0, 0.1) is 0 Å². The van der Waals surface area contributed by atoms with E-state index in [4.69, 9.17) is 26.4 Å². The number of methoxy groups -OCH3 is 1. The highest BCUT2D eigenvalue weighted by atomic mass is 32.1. The average Bonchev–Trinajstić information content (AvgIpc) is 2.86. The van der Waals surface area contributed by atoms with Gasteiger partial charge in [-0.15, -0.1) is 0 Å². The molecule has 0 aliphatic rings. The molecule has 0 heterocycles. The summed E-state index contributed by atoms with van der Waals surface area (Å²) in [6, 6.07) is 21.5. The van der Waals surface area contributed by atoms with Gasteiger partial charge in [-0.25, -0.2) is 4.79 Å². The number of carbonyl (C=O) groups excluding carboxylic acids is 1. The lowest BCUT2D eigenvalue weighted by Gasteiger charge is -2.11. The van der Waals surface area contributed by atoms with Crippen molar-refractivity contribution in [3.63, 3.8) is 0 Å². The summed E-state index contributed by atoms with van der Waals surface area (Å²) in [4.78, 5) is 12.6. The fourth-order valence-corrected chi connectivity index (χ4v) is 3.05. The SMILES string of the molecule is CCCCOc1ccc(C(=O)Oc2ccc(C=NNC(=S)Nc3ccccc3)cc2OC)cc1. The second-order valence-electron chi connectivity index (χ2n) is 7.22. The molecule has 2 N–H and O–H groups in total. The Bertz CT molecular complexity index is 1120. The number of hydrazone groups is 1. The van der Waals surface area contributed by atoms with Gasteiger partial charge in [-0.3, -0.25) is 5.43 Å². The van der Waals surface area contributed by atoms with Crippen LogP contribution in [-0.4, -0.2) is 31.0 Å². The molecule has 176 valence electrons. The Morgan fingerprint density at radius 1 is 1.03 bits per heavy atom. The Kier molecular flexibility index (Phi) is 9.42. The number of benzene rings is 3. The van der Waals surface area contributed by atoms with Crippen molar-refractivity contribution in [2.45, 2.75) is 19.8 Å². The number of anilines is 1. The summed E-state index contributed by atoms with van der Waals surface area (Å²) >= 11 is 5.22. The molecular weight excluding hydrogens is 450 g/mol. The molecule has 3 aromatic carbocycles. The van der Waals surface area contributed by atoms with Crippen LogP contribution in [-0.2, 0) is 0 Å². The standard InChI is InChI=1S/C26H27N3O4S/c1-3-4-16-32-22-13-11-20(12-14-22)25(30)33-23-15-10-19(17-24(23)31-2)18-27-29-26(34)28-21-8-6-5-7-9-21/h5-15,17-18H,3-4,16H2,1-2H3,(H2,28,29,34). The molecule has 7 nitrogen and oxygen atoms in total. The van der Waals surface area contributed by atoms with Crippen LogP contribution in [0.15, 0.2) is 77.9 Å². The van der Waals surface area contributed by atoms with Crippen molar-refractivity contribution in [1.82, 2.24) is 5.43 Å². The molecule has 0 bridgehead atoms. The molecule has 0 aliphatic carbocycles. The van der Waals surface area contributed by atoms with Gasteiger partial charge in [-0.05, 0) is 78.8 Å². The van der Waals surface area contributed by atoms with Crippen molar-refractivity contribution in [3.8, 4) is 17.2 Å². The Hall–Kier alpha value is -3.91. The van der Waals surface area contributed by atoms with E-state index in [1.165, 1.54) is 7.11 Å². The van der Waals surface area contributed by atoms with E-state index in [0.29, 0.717) is 28.8 Å². The van der Waals surface area contributed by atoms with Gasteiger partial charge < -0.3 is 19.5 Å². The van der Waals surface area contributed by atoms with E-state index in [9.17, 15) is 4.79 Å². The lowest BCUT2D eigenvalue weighted by molar-refractivity contribution is 0.0729. The molecule has 3 rings (SSSR count). The maximum atomic E-state index is 12.6. The molecule has 0 saturated carbocycles. The number of ether oxygens (including phenoxy) is 3. The van der Waals surface area contributed by atoms with Gasteiger partial charge in [-0.2, -0.15) is 5.10 Å². The minimum absolute atomic E-state index is 0.308. The number of esters is 1. The van der Waals surface area contributed by atoms with Crippen molar-refractivity contribution in [1.29, 1.82) is 0 Å². The van der Waals surface area contributed by atoms with Gasteiger partial charge in [0.2, 0.25) is 0 Å². The molecule has 34 heavy (non-hydrogen) atoms. The molecule has 0 atom stereocenters. The maximum absolute atomic E-state index is 12.6. The fourth-order valence-electron chi connectivity index (χ4n) is 2.88. The molecule has 0 radical (unpaired) electrons. The zero-order chi connectivity index (χ0) is 24.2. The number of thiocarbonyl (C=S) groups is 1. The molecule has 0 amide bonds. The topological polar surface area (TPSA) is 81.2 Å². The van der Waals surface area contributed by atoms with E-state index >= 15 is 0 Å². The molecular formula is C26H27N3O4S. The highest BCUT2D eigenvalue weighted by Crippen LogP contribution is 2.28. The van der Waals surface area contributed by atoms with Crippen LogP contribution >= 0.6 is 12.2 Å². The third-order valence-electron chi connectivity index (χ3n) is 4.66. The number of nitrogens with zero attached hydrogens (tertiary/aromatic N) is 1. The average molecular weight is 478 g/mol. The lowest BCUT2D eigenvalue weighted by Crippen LogP contribution is -2.23. The van der Waals surface area contributed by atoms with Gasteiger partial charge in [-0.1, -0.05) is 31.5 Å². The third-order valence-corrected chi connectivity index (χ3v) is 4.85. The first-order valence-electron chi connectivity index (χ1n) is 10.9. The molecule has 0 aromatic heterocycles. The van der Waals surface area contributed by atoms with E-state index in [1.807, 2.05) is 30.3 Å². The van der Waals surface area contributed by atoms with E-state index in [0.717, 1.165) is 29.8 Å². The smallest absolute Gasteiger partial charge is 0.343 e. The minimum atomic E-state index is -0.487. The Morgan fingerprint density at radius 2 is 1.79 bits per heavy atom. The number of para-hydroxylation sites is 1. The summed E-state index contributed by atoms with van der Waals surface area (Å²) in [7, 11) is 1.51. The highest BCUT2D eigenvalue weighted by molar-refractivity contribution is 7.80. The van der Waals surface area contributed by atoms with Gasteiger partial charge in [0, 0.05) is 5.69 Å². The van der Waals surface area contributed by atoms with E-state index < -0.39 is 5.97 Å². The van der Waals surface area contributed by atoms with Crippen molar-refractivity contribution >= 4 is 35.2 Å². The number of rotatable bonds is 10. The first kappa shape index (κ1) is 24.7. The molecule has 0 saturated heterocycles. The van der Waals surface area contributed by atoms with Crippen LogP contribution in [0.2, 0.25) is 0 Å². The highest BCUT2D eigenvalue weighted by Gasteiger charge is 2.13.